The molecule has 0 saturated carbocycles. The second kappa shape index (κ2) is 8.66. The van der Waals surface area contributed by atoms with E-state index < -0.39 is 0 Å². The summed E-state index contributed by atoms with van der Waals surface area (Å²) in [6.07, 6.45) is 1.56. The SMILES string of the molecule is CN(Cc1ccc2ccccc2c1)C(=O)C1CCCN(C(=O)c2ccc(F)cc2)C1. The molecule has 1 fully saturated rings. The topological polar surface area (TPSA) is 40.6 Å². The van der Waals surface area contributed by atoms with Crippen molar-refractivity contribution in [3.63, 3.8) is 0 Å². The Morgan fingerprint density at radius 1 is 1.03 bits per heavy atom. The first-order valence-corrected chi connectivity index (χ1v) is 10.3. The van der Waals surface area contributed by atoms with Crippen LogP contribution in [0.1, 0.15) is 28.8 Å². The Labute approximate surface area is 175 Å². The maximum atomic E-state index is 13.1. The van der Waals surface area contributed by atoms with E-state index in [0.29, 0.717) is 25.2 Å². The number of fused-ring (bicyclic) bond motifs is 1. The van der Waals surface area contributed by atoms with Gasteiger partial charge >= 0.3 is 0 Å². The van der Waals surface area contributed by atoms with Crippen LogP contribution in [0.4, 0.5) is 4.39 Å². The quantitative estimate of drug-likeness (QED) is 0.643. The van der Waals surface area contributed by atoms with E-state index in [1.54, 1.807) is 9.80 Å². The molecule has 3 aromatic carbocycles. The highest BCUT2D eigenvalue weighted by Crippen LogP contribution is 2.22. The second-order valence-corrected chi connectivity index (χ2v) is 7.97. The number of nitrogens with zero attached hydrogens (tertiary/aromatic N) is 2. The number of rotatable bonds is 4. The minimum atomic E-state index is -0.367. The molecule has 4 rings (SSSR count). The average molecular weight is 404 g/mol. The molecule has 154 valence electrons. The molecule has 0 radical (unpaired) electrons. The normalized spacial score (nSPS) is 16.5. The number of hydrogen-bond acceptors (Lipinski definition) is 2. The highest BCUT2D eigenvalue weighted by Gasteiger charge is 2.30. The van der Waals surface area contributed by atoms with Crippen LogP contribution in [0.5, 0.6) is 0 Å². The van der Waals surface area contributed by atoms with E-state index in [2.05, 4.69) is 30.3 Å². The maximum absolute atomic E-state index is 13.1. The third-order valence-corrected chi connectivity index (χ3v) is 5.76. The predicted octanol–water partition coefficient (Wildman–Crippen LogP) is 4.49. The molecule has 1 heterocycles. The Balaban J connectivity index is 1.41. The van der Waals surface area contributed by atoms with Crippen LogP contribution in [-0.4, -0.2) is 41.8 Å². The first kappa shape index (κ1) is 20.1. The molecule has 1 saturated heterocycles. The van der Waals surface area contributed by atoms with Crippen molar-refractivity contribution in [2.45, 2.75) is 19.4 Å². The monoisotopic (exact) mass is 404 g/mol. The number of amides is 2. The van der Waals surface area contributed by atoms with Gasteiger partial charge in [-0.15, -0.1) is 0 Å². The lowest BCUT2D eigenvalue weighted by molar-refractivity contribution is -0.136. The number of halogens is 1. The molecule has 0 N–H and O–H groups in total. The van der Waals surface area contributed by atoms with E-state index in [1.807, 2.05) is 19.2 Å². The fourth-order valence-corrected chi connectivity index (χ4v) is 4.14. The zero-order chi connectivity index (χ0) is 21.1. The first-order valence-electron chi connectivity index (χ1n) is 10.3. The lowest BCUT2D eigenvalue weighted by atomic mass is 9.95. The molecule has 0 bridgehead atoms. The number of carbonyl (C=O) groups is 2. The summed E-state index contributed by atoms with van der Waals surface area (Å²) in [7, 11) is 1.82. The summed E-state index contributed by atoms with van der Waals surface area (Å²) in [6.45, 7) is 1.55. The molecule has 1 unspecified atom stereocenters. The Morgan fingerprint density at radius 2 is 1.77 bits per heavy atom. The fourth-order valence-electron chi connectivity index (χ4n) is 4.14. The molecule has 30 heavy (non-hydrogen) atoms. The number of carbonyl (C=O) groups excluding carboxylic acids is 2. The van der Waals surface area contributed by atoms with Crippen molar-refractivity contribution in [3.05, 3.63) is 83.7 Å². The third-order valence-electron chi connectivity index (χ3n) is 5.76. The van der Waals surface area contributed by atoms with Gasteiger partial charge in [0.2, 0.25) is 5.91 Å². The Morgan fingerprint density at radius 3 is 2.53 bits per heavy atom. The molecule has 1 aliphatic rings. The number of piperidine rings is 1. The molecule has 0 aromatic heterocycles. The van der Waals surface area contributed by atoms with Gasteiger partial charge in [-0.2, -0.15) is 0 Å². The van der Waals surface area contributed by atoms with E-state index in [9.17, 15) is 14.0 Å². The minimum Gasteiger partial charge on any atom is -0.341 e. The van der Waals surface area contributed by atoms with E-state index in [0.717, 1.165) is 23.8 Å². The molecular weight excluding hydrogens is 379 g/mol. The zero-order valence-electron chi connectivity index (χ0n) is 17.1. The van der Waals surface area contributed by atoms with Gasteiger partial charge in [-0.05, 0) is 59.5 Å². The Hall–Kier alpha value is -3.21. The molecule has 0 spiro atoms. The Kier molecular flexibility index (Phi) is 5.79. The van der Waals surface area contributed by atoms with Gasteiger partial charge in [0.1, 0.15) is 5.82 Å². The smallest absolute Gasteiger partial charge is 0.253 e. The van der Waals surface area contributed by atoms with Crippen molar-refractivity contribution in [1.82, 2.24) is 9.80 Å². The summed E-state index contributed by atoms with van der Waals surface area (Å²) >= 11 is 0. The van der Waals surface area contributed by atoms with Crippen LogP contribution < -0.4 is 0 Å². The summed E-state index contributed by atoms with van der Waals surface area (Å²) < 4.78 is 13.1. The van der Waals surface area contributed by atoms with Crippen molar-refractivity contribution in [2.24, 2.45) is 5.92 Å². The average Bonchev–Trinajstić information content (AvgIpc) is 2.78. The summed E-state index contributed by atoms with van der Waals surface area (Å²) in [5.41, 5.74) is 1.54. The van der Waals surface area contributed by atoms with Crippen molar-refractivity contribution >= 4 is 22.6 Å². The van der Waals surface area contributed by atoms with Crippen molar-refractivity contribution in [3.8, 4) is 0 Å². The lowest BCUT2D eigenvalue weighted by Crippen LogP contribution is -2.45. The molecule has 2 amide bonds. The van der Waals surface area contributed by atoms with Crippen LogP contribution in [0.15, 0.2) is 66.7 Å². The van der Waals surface area contributed by atoms with Crippen molar-refractivity contribution in [1.29, 1.82) is 0 Å². The molecular formula is C25H25FN2O2. The highest BCUT2D eigenvalue weighted by atomic mass is 19.1. The van der Waals surface area contributed by atoms with Gasteiger partial charge in [-0.25, -0.2) is 4.39 Å². The second-order valence-electron chi connectivity index (χ2n) is 7.97. The summed E-state index contributed by atoms with van der Waals surface area (Å²) in [4.78, 5) is 29.3. The largest absolute Gasteiger partial charge is 0.341 e. The third kappa shape index (κ3) is 4.35. The van der Waals surface area contributed by atoms with Gasteiger partial charge in [0, 0.05) is 32.2 Å². The fraction of sp³-hybridized carbons (Fsp3) is 0.280. The van der Waals surface area contributed by atoms with Crippen LogP contribution >= 0.6 is 0 Å². The molecule has 1 aliphatic heterocycles. The summed E-state index contributed by atoms with van der Waals surface area (Å²) in [5.74, 6) is -0.674. The first-order chi connectivity index (χ1) is 14.5. The minimum absolute atomic E-state index is 0.0553. The lowest BCUT2D eigenvalue weighted by Gasteiger charge is -2.34. The van der Waals surface area contributed by atoms with Gasteiger partial charge < -0.3 is 9.80 Å². The van der Waals surface area contributed by atoms with Crippen molar-refractivity contribution < 1.29 is 14.0 Å². The van der Waals surface area contributed by atoms with Gasteiger partial charge in [-0.1, -0.05) is 36.4 Å². The van der Waals surface area contributed by atoms with E-state index in [1.165, 1.54) is 29.7 Å². The van der Waals surface area contributed by atoms with E-state index in [-0.39, 0.29) is 23.5 Å². The van der Waals surface area contributed by atoms with Crippen LogP contribution in [-0.2, 0) is 11.3 Å². The standard InChI is InChI=1S/C25H25FN2O2/c1-27(16-18-8-9-19-5-2-3-6-21(19)15-18)24(29)22-7-4-14-28(17-22)25(30)20-10-12-23(26)13-11-20/h2-3,5-6,8-13,15,22H,4,7,14,16-17H2,1H3. The van der Waals surface area contributed by atoms with Gasteiger partial charge in [0.05, 0.1) is 5.92 Å². The predicted molar refractivity (Wildman–Crippen MR) is 115 cm³/mol. The van der Waals surface area contributed by atoms with Crippen LogP contribution in [0.3, 0.4) is 0 Å². The summed E-state index contributed by atoms with van der Waals surface area (Å²) in [5, 5.41) is 2.34. The highest BCUT2D eigenvalue weighted by molar-refractivity contribution is 5.94. The molecule has 0 aliphatic carbocycles. The molecule has 4 nitrogen and oxygen atoms in total. The maximum Gasteiger partial charge on any atom is 0.253 e. The van der Waals surface area contributed by atoms with E-state index >= 15 is 0 Å². The number of hydrogen-bond donors (Lipinski definition) is 0. The summed E-state index contributed by atoms with van der Waals surface area (Å²) in [6, 6.07) is 20.0. The molecule has 3 aromatic rings. The van der Waals surface area contributed by atoms with E-state index in [4.69, 9.17) is 0 Å². The zero-order valence-corrected chi connectivity index (χ0v) is 17.1. The molecule has 1 atom stereocenters. The van der Waals surface area contributed by atoms with Gasteiger partial charge in [-0.3, -0.25) is 9.59 Å². The van der Waals surface area contributed by atoms with Gasteiger partial charge in [0.15, 0.2) is 0 Å². The van der Waals surface area contributed by atoms with Crippen molar-refractivity contribution in [2.75, 3.05) is 20.1 Å². The van der Waals surface area contributed by atoms with Crippen LogP contribution in [0, 0.1) is 11.7 Å². The number of likely N-dealkylation sites (tertiary alicyclic amines) is 1. The van der Waals surface area contributed by atoms with Crippen LogP contribution in [0.25, 0.3) is 10.8 Å². The van der Waals surface area contributed by atoms with Gasteiger partial charge in [0.25, 0.3) is 5.91 Å². The Bertz CT molecular complexity index is 1060. The van der Waals surface area contributed by atoms with Crippen LogP contribution in [0.2, 0.25) is 0 Å². The molecule has 5 heteroatoms. The number of benzene rings is 3.